The van der Waals surface area contributed by atoms with Crippen molar-refractivity contribution in [3.05, 3.63) is 11.6 Å². The molecule has 7 nitrogen and oxygen atoms in total. The monoisotopic (exact) mass is 497 g/mol. The lowest BCUT2D eigenvalue weighted by molar-refractivity contribution is -0.00777. The molecular weight excluding hydrogens is 450 g/mol. The van der Waals surface area contributed by atoms with Crippen molar-refractivity contribution in [1.29, 1.82) is 0 Å². The van der Waals surface area contributed by atoms with E-state index in [4.69, 9.17) is 14.6 Å². The third kappa shape index (κ3) is 7.60. The van der Waals surface area contributed by atoms with E-state index in [1.165, 1.54) is 36.2 Å². The van der Waals surface area contributed by atoms with Gasteiger partial charge in [-0.2, -0.15) is 0 Å². The molecule has 4 rings (SSSR count). The SMILES string of the molecule is COC1CCCCC1C1(C)OC1CC=C(C)C.CSN1CCN(CCC2CN(C(=O)O)C2)CC1. The number of likely N-dealkylation sites (tertiary alicyclic amines) is 1. The van der Waals surface area contributed by atoms with Crippen LogP contribution in [0.3, 0.4) is 0 Å². The number of ether oxygens (including phenoxy) is 2. The number of carbonyl (C=O) groups is 1. The van der Waals surface area contributed by atoms with E-state index < -0.39 is 6.09 Å². The first kappa shape index (κ1) is 27.8. The van der Waals surface area contributed by atoms with Gasteiger partial charge < -0.3 is 24.4 Å². The summed E-state index contributed by atoms with van der Waals surface area (Å²) in [6.07, 6.45) is 11.8. The molecule has 0 bridgehead atoms. The molecule has 0 spiro atoms. The Kier molecular flexibility index (Phi) is 10.6. The number of hydrogen-bond donors (Lipinski definition) is 1. The number of allylic oxidation sites excluding steroid dienone is 1. The van der Waals surface area contributed by atoms with Gasteiger partial charge in [-0.1, -0.05) is 36.4 Å². The summed E-state index contributed by atoms with van der Waals surface area (Å²) in [5.41, 5.74) is 1.46. The molecule has 0 radical (unpaired) electrons. The van der Waals surface area contributed by atoms with Crippen LogP contribution in [0.4, 0.5) is 4.79 Å². The van der Waals surface area contributed by atoms with Gasteiger partial charge in [-0.3, -0.25) is 0 Å². The maximum Gasteiger partial charge on any atom is 0.407 e. The van der Waals surface area contributed by atoms with Crippen LogP contribution in [-0.4, -0.2) is 102 Å². The molecule has 34 heavy (non-hydrogen) atoms. The second kappa shape index (κ2) is 12.9. The molecule has 1 N–H and O–H groups in total. The van der Waals surface area contributed by atoms with Gasteiger partial charge in [-0.25, -0.2) is 9.10 Å². The van der Waals surface area contributed by atoms with E-state index in [0.717, 1.165) is 58.7 Å². The molecule has 0 aromatic heterocycles. The molecule has 0 aromatic carbocycles. The lowest BCUT2D eigenvalue weighted by Gasteiger charge is -2.39. The van der Waals surface area contributed by atoms with Crippen molar-refractivity contribution in [3.63, 3.8) is 0 Å². The molecular formula is C26H47N3O4S. The van der Waals surface area contributed by atoms with Gasteiger partial charge in [0.05, 0.1) is 17.8 Å². The van der Waals surface area contributed by atoms with Crippen molar-refractivity contribution < 1.29 is 19.4 Å². The smallest absolute Gasteiger partial charge is 0.407 e. The number of carboxylic acid groups (broad SMARTS) is 1. The molecule has 4 unspecified atom stereocenters. The topological polar surface area (TPSA) is 68.8 Å². The van der Waals surface area contributed by atoms with E-state index in [-0.39, 0.29) is 5.60 Å². The first-order chi connectivity index (χ1) is 16.3. The fraction of sp³-hybridized carbons (Fsp3) is 0.885. The average molecular weight is 498 g/mol. The molecule has 4 fully saturated rings. The zero-order valence-corrected chi connectivity index (χ0v) is 22.8. The largest absolute Gasteiger partial charge is 0.465 e. The lowest BCUT2D eigenvalue weighted by Crippen LogP contribution is -2.51. The van der Waals surface area contributed by atoms with Gasteiger partial charge in [-0.15, -0.1) is 0 Å². The molecule has 3 aliphatic heterocycles. The summed E-state index contributed by atoms with van der Waals surface area (Å²) in [4.78, 5) is 14.6. The lowest BCUT2D eigenvalue weighted by atomic mass is 9.76. The van der Waals surface area contributed by atoms with Crippen molar-refractivity contribution in [2.45, 2.75) is 77.1 Å². The summed E-state index contributed by atoms with van der Waals surface area (Å²) >= 11 is 1.83. The normalized spacial score (nSPS) is 32.4. The van der Waals surface area contributed by atoms with E-state index in [2.05, 4.69) is 42.3 Å². The number of rotatable bonds is 8. The first-order valence-electron chi connectivity index (χ1n) is 13.1. The Morgan fingerprint density at radius 1 is 1.18 bits per heavy atom. The van der Waals surface area contributed by atoms with Crippen molar-refractivity contribution in [2.75, 3.05) is 59.2 Å². The molecule has 3 heterocycles. The predicted octanol–water partition coefficient (Wildman–Crippen LogP) is 4.59. The van der Waals surface area contributed by atoms with Crippen LogP contribution < -0.4 is 0 Å². The third-order valence-electron chi connectivity index (χ3n) is 8.13. The van der Waals surface area contributed by atoms with Crippen LogP contribution in [0.25, 0.3) is 0 Å². The average Bonchev–Trinajstić information content (AvgIpc) is 3.48. The van der Waals surface area contributed by atoms with Gasteiger partial charge in [0.15, 0.2) is 0 Å². The van der Waals surface area contributed by atoms with Gasteiger partial charge in [0, 0.05) is 52.3 Å². The fourth-order valence-corrected chi connectivity index (χ4v) is 6.20. The number of methoxy groups -OCH3 is 1. The summed E-state index contributed by atoms with van der Waals surface area (Å²) in [5.74, 6) is 1.18. The van der Waals surface area contributed by atoms with Crippen LogP contribution in [0, 0.1) is 11.8 Å². The second-order valence-electron chi connectivity index (χ2n) is 10.8. The number of piperazine rings is 1. The molecule has 1 amide bonds. The Hall–Kier alpha value is -0.800. The summed E-state index contributed by atoms with van der Waals surface area (Å²) in [5, 5.41) is 8.73. The van der Waals surface area contributed by atoms with Gasteiger partial charge in [-0.05, 0) is 65.2 Å². The zero-order chi connectivity index (χ0) is 24.7. The number of amides is 1. The molecule has 8 heteroatoms. The highest BCUT2D eigenvalue weighted by molar-refractivity contribution is 7.96. The van der Waals surface area contributed by atoms with Gasteiger partial charge in [0.25, 0.3) is 0 Å². The number of hydrogen-bond acceptors (Lipinski definition) is 6. The molecule has 1 aliphatic carbocycles. The van der Waals surface area contributed by atoms with Gasteiger partial charge in [0.1, 0.15) is 0 Å². The number of nitrogens with zero attached hydrogens (tertiary/aromatic N) is 3. The van der Waals surface area contributed by atoms with E-state index in [1.807, 2.05) is 19.1 Å². The highest BCUT2D eigenvalue weighted by atomic mass is 32.2. The molecule has 0 aromatic rings. The standard InChI is InChI=1S/C15H26O2.C11H21N3O2S/c1-11(2)9-10-14-15(3,17-14)12-7-5-6-8-13(12)16-4;1-17-14-6-4-12(5-7-14)3-2-10-8-13(9-10)11(15)16/h9,12-14H,5-8,10H2,1-4H3;10H,2-9H2,1H3,(H,15,16). The first-order valence-corrected chi connectivity index (χ1v) is 14.3. The minimum atomic E-state index is -0.769. The summed E-state index contributed by atoms with van der Waals surface area (Å²) in [7, 11) is 1.85. The van der Waals surface area contributed by atoms with Crippen LogP contribution in [0.5, 0.6) is 0 Å². The Morgan fingerprint density at radius 2 is 1.85 bits per heavy atom. The highest BCUT2D eigenvalue weighted by Crippen LogP contribution is 2.50. The number of epoxide rings is 1. The van der Waals surface area contributed by atoms with Gasteiger partial charge >= 0.3 is 6.09 Å². The fourth-order valence-electron chi connectivity index (χ4n) is 5.67. The zero-order valence-electron chi connectivity index (χ0n) is 22.0. The Labute approximate surface area is 211 Å². The third-order valence-corrected chi connectivity index (χ3v) is 9.01. The molecule has 4 aliphatic rings. The minimum Gasteiger partial charge on any atom is -0.465 e. The summed E-state index contributed by atoms with van der Waals surface area (Å²) in [6, 6.07) is 0. The molecule has 4 atom stereocenters. The van der Waals surface area contributed by atoms with Crippen LogP contribution in [0.2, 0.25) is 0 Å². The summed E-state index contributed by atoms with van der Waals surface area (Å²) in [6.45, 7) is 13.8. The van der Waals surface area contributed by atoms with Crippen molar-refractivity contribution >= 4 is 18.0 Å². The van der Waals surface area contributed by atoms with E-state index in [9.17, 15) is 4.79 Å². The van der Waals surface area contributed by atoms with Crippen molar-refractivity contribution in [1.82, 2.24) is 14.1 Å². The Morgan fingerprint density at radius 3 is 2.44 bits per heavy atom. The maximum atomic E-state index is 10.6. The predicted molar refractivity (Wildman–Crippen MR) is 139 cm³/mol. The van der Waals surface area contributed by atoms with Gasteiger partial charge in [0.2, 0.25) is 0 Å². The molecule has 1 saturated carbocycles. The van der Waals surface area contributed by atoms with Crippen LogP contribution in [0.15, 0.2) is 11.6 Å². The minimum absolute atomic E-state index is 0.0764. The molecule has 3 saturated heterocycles. The van der Waals surface area contributed by atoms with Crippen LogP contribution >= 0.6 is 11.9 Å². The quantitative estimate of drug-likeness (QED) is 0.299. The van der Waals surface area contributed by atoms with Crippen molar-refractivity contribution in [3.8, 4) is 0 Å². The summed E-state index contributed by atoms with van der Waals surface area (Å²) < 4.78 is 14.0. The molecule has 196 valence electrons. The highest BCUT2D eigenvalue weighted by Gasteiger charge is 2.58. The van der Waals surface area contributed by atoms with Crippen LogP contribution in [0.1, 0.15) is 59.3 Å². The Balaban J connectivity index is 0.000000191. The van der Waals surface area contributed by atoms with E-state index >= 15 is 0 Å². The maximum absolute atomic E-state index is 10.6. The second-order valence-corrected chi connectivity index (χ2v) is 11.6. The van der Waals surface area contributed by atoms with E-state index in [1.54, 1.807) is 0 Å². The Bertz CT molecular complexity index is 675. The van der Waals surface area contributed by atoms with Crippen molar-refractivity contribution in [2.24, 2.45) is 11.8 Å². The van der Waals surface area contributed by atoms with E-state index in [0.29, 0.717) is 24.0 Å². The van der Waals surface area contributed by atoms with Crippen LogP contribution in [-0.2, 0) is 9.47 Å².